The van der Waals surface area contributed by atoms with E-state index in [1.807, 2.05) is 37.5 Å². The van der Waals surface area contributed by atoms with Crippen LogP contribution in [0.4, 0.5) is 17.5 Å². The van der Waals surface area contributed by atoms with Crippen molar-refractivity contribution in [2.45, 2.75) is 53.1 Å². The first-order chi connectivity index (χ1) is 19.1. The summed E-state index contributed by atoms with van der Waals surface area (Å²) in [5.74, 6) is -0.549. The van der Waals surface area contributed by atoms with Gasteiger partial charge in [-0.3, -0.25) is 14.5 Å². The lowest BCUT2D eigenvalue weighted by Gasteiger charge is -2.29. The normalized spacial score (nSPS) is 14.4. The summed E-state index contributed by atoms with van der Waals surface area (Å²) in [6.07, 6.45) is 1.69. The van der Waals surface area contributed by atoms with Crippen molar-refractivity contribution in [3.63, 3.8) is 0 Å². The van der Waals surface area contributed by atoms with E-state index in [1.165, 1.54) is 11.8 Å². The molecule has 2 aromatic rings. The van der Waals surface area contributed by atoms with Crippen molar-refractivity contribution < 1.29 is 29.0 Å². The molecule has 0 spiro atoms. The smallest absolute Gasteiger partial charge is 0.326 e. The third-order valence-corrected chi connectivity index (χ3v) is 6.58. The standard InChI is InChI=1S/C28H40N6O6/c1-6-33(7-2)28-29-17-24(34(19(3)4)20(5)35)26(31-28)30-23(27(37)38)16-21-8-10-22(11-9-21)40-25(36)18-32-12-14-39-15-13-32/h8-11,17,19,23H,6-7,12-16,18H2,1-5H3,(H,37,38)(H,29,30,31)/t23-/m0/s1. The van der Waals surface area contributed by atoms with E-state index in [4.69, 9.17) is 9.47 Å². The highest BCUT2D eigenvalue weighted by molar-refractivity contribution is 5.95. The van der Waals surface area contributed by atoms with Crippen LogP contribution in [0.1, 0.15) is 40.2 Å². The van der Waals surface area contributed by atoms with Gasteiger partial charge in [0.15, 0.2) is 5.82 Å². The number of hydrogen-bond acceptors (Lipinski definition) is 10. The summed E-state index contributed by atoms with van der Waals surface area (Å²) in [5.41, 5.74) is 1.13. The highest BCUT2D eigenvalue weighted by Crippen LogP contribution is 2.28. The van der Waals surface area contributed by atoms with E-state index in [2.05, 4.69) is 15.3 Å². The Morgan fingerprint density at radius 3 is 2.33 bits per heavy atom. The maximum atomic E-state index is 12.5. The molecule has 1 amide bonds. The highest BCUT2D eigenvalue weighted by atomic mass is 16.5. The highest BCUT2D eigenvalue weighted by Gasteiger charge is 2.26. The van der Waals surface area contributed by atoms with Gasteiger partial charge in [0.05, 0.1) is 26.0 Å². The van der Waals surface area contributed by atoms with Crippen LogP contribution in [-0.2, 0) is 25.5 Å². The van der Waals surface area contributed by atoms with Gasteiger partial charge in [0.1, 0.15) is 17.5 Å². The summed E-state index contributed by atoms with van der Waals surface area (Å²) in [4.78, 5) is 51.6. The van der Waals surface area contributed by atoms with E-state index >= 15 is 0 Å². The lowest BCUT2D eigenvalue weighted by Crippen LogP contribution is -2.40. The fourth-order valence-electron chi connectivity index (χ4n) is 4.52. The summed E-state index contributed by atoms with van der Waals surface area (Å²) in [5, 5.41) is 13.1. The first-order valence-corrected chi connectivity index (χ1v) is 13.6. The Hall–Kier alpha value is -3.77. The molecule has 1 aromatic heterocycles. The maximum absolute atomic E-state index is 12.5. The number of benzene rings is 1. The number of carbonyl (C=O) groups is 3. The van der Waals surface area contributed by atoms with E-state index in [9.17, 15) is 19.5 Å². The van der Waals surface area contributed by atoms with E-state index in [0.717, 1.165) is 5.56 Å². The van der Waals surface area contributed by atoms with Gasteiger partial charge in [0.2, 0.25) is 11.9 Å². The average Bonchev–Trinajstić information content (AvgIpc) is 2.91. The molecule has 0 radical (unpaired) electrons. The summed E-state index contributed by atoms with van der Waals surface area (Å²) < 4.78 is 10.7. The Balaban J connectivity index is 1.78. The van der Waals surface area contributed by atoms with Crippen LogP contribution in [0.25, 0.3) is 0 Å². The van der Waals surface area contributed by atoms with Crippen molar-refractivity contribution in [3.8, 4) is 5.75 Å². The van der Waals surface area contributed by atoms with Crippen LogP contribution >= 0.6 is 0 Å². The number of nitrogens with one attached hydrogen (secondary N) is 1. The van der Waals surface area contributed by atoms with Crippen LogP contribution in [0.2, 0.25) is 0 Å². The molecule has 0 bridgehead atoms. The lowest BCUT2D eigenvalue weighted by atomic mass is 10.1. The lowest BCUT2D eigenvalue weighted by molar-refractivity contribution is -0.138. The molecule has 1 aliphatic rings. The minimum absolute atomic E-state index is 0.128. The molecule has 40 heavy (non-hydrogen) atoms. The number of amides is 1. The summed E-state index contributed by atoms with van der Waals surface area (Å²) in [6, 6.07) is 5.52. The number of rotatable bonds is 13. The van der Waals surface area contributed by atoms with Gasteiger partial charge in [-0.1, -0.05) is 12.1 Å². The second kappa shape index (κ2) is 14.6. The van der Waals surface area contributed by atoms with Gasteiger partial charge < -0.3 is 29.7 Å². The molecular formula is C28H40N6O6. The van der Waals surface area contributed by atoms with Crippen LogP contribution in [0.5, 0.6) is 5.75 Å². The number of morpholine rings is 1. The molecule has 0 saturated carbocycles. The number of carbonyl (C=O) groups excluding carboxylic acids is 2. The summed E-state index contributed by atoms with van der Waals surface area (Å²) in [6.45, 7) is 13.2. The number of carboxylic acid groups (broad SMARTS) is 1. The molecule has 2 N–H and O–H groups in total. The predicted molar refractivity (Wildman–Crippen MR) is 152 cm³/mol. The second-order valence-corrected chi connectivity index (χ2v) is 9.80. The maximum Gasteiger partial charge on any atom is 0.326 e. The third-order valence-electron chi connectivity index (χ3n) is 6.58. The Labute approximate surface area is 235 Å². The number of aromatic nitrogens is 2. The molecule has 1 aromatic carbocycles. The quantitative estimate of drug-likeness (QED) is 0.278. The number of nitrogens with zero attached hydrogens (tertiary/aromatic N) is 5. The van der Waals surface area contributed by atoms with Gasteiger partial charge in [-0.25, -0.2) is 9.78 Å². The van der Waals surface area contributed by atoms with Gasteiger partial charge in [0, 0.05) is 45.6 Å². The predicted octanol–water partition coefficient (Wildman–Crippen LogP) is 2.43. The topological polar surface area (TPSA) is 137 Å². The number of carboxylic acids is 1. The van der Waals surface area contributed by atoms with Crippen molar-refractivity contribution in [1.29, 1.82) is 0 Å². The molecule has 3 rings (SSSR count). The van der Waals surface area contributed by atoms with E-state index in [-0.39, 0.29) is 36.7 Å². The Kier molecular flexibility index (Phi) is 11.2. The molecule has 218 valence electrons. The van der Waals surface area contributed by atoms with E-state index in [0.29, 0.717) is 56.8 Å². The van der Waals surface area contributed by atoms with Crippen molar-refractivity contribution in [1.82, 2.24) is 14.9 Å². The SMILES string of the molecule is CCN(CC)c1ncc(N(C(C)=O)C(C)C)c(N[C@@H](Cc2ccc(OC(=O)CN3CCOCC3)cc2)C(=O)O)n1. The number of esters is 1. The number of anilines is 3. The van der Waals surface area contributed by atoms with Gasteiger partial charge in [-0.2, -0.15) is 4.98 Å². The molecule has 2 heterocycles. The van der Waals surface area contributed by atoms with Crippen molar-refractivity contribution in [3.05, 3.63) is 36.0 Å². The fraction of sp³-hybridized carbons (Fsp3) is 0.536. The molecule has 12 nitrogen and oxygen atoms in total. The molecule has 1 aliphatic heterocycles. The fourth-order valence-corrected chi connectivity index (χ4v) is 4.52. The average molecular weight is 557 g/mol. The Morgan fingerprint density at radius 1 is 1.12 bits per heavy atom. The third kappa shape index (κ3) is 8.36. The van der Waals surface area contributed by atoms with Crippen LogP contribution in [-0.4, -0.2) is 95.8 Å². The zero-order chi connectivity index (χ0) is 29.2. The van der Waals surface area contributed by atoms with Crippen molar-refractivity contribution in [2.24, 2.45) is 0 Å². The van der Waals surface area contributed by atoms with Gasteiger partial charge in [-0.05, 0) is 45.4 Å². The van der Waals surface area contributed by atoms with Crippen LogP contribution in [0.15, 0.2) is 30.5 Å². The van der Waals surface area contributed by atoms with Crippen LogP contribution in [0.3, 0.4) is 0 Å². The van der Waals surface area contributed by atoms with Gasteiger partial charge in [-0.15, -0.1) is 0 Å². The van der Waals surface area contributed by atoms with Crippen LogP contribution in [0, 0.1) is 0 Å². The number of aliphatic carboxylic acids is 1. The molecule has 1 fully saturated rings. The Morgan fingerprint density at radius 2 is 1.77 bits per heavy atom. The molecule has 0 unspecified atom stereocenters. The minimum atomic E-state index is -1.08. The summed E-state index contributed by atoms with van der Waals surface area (Å²) in [7, 11) is 0. The number of ether oxygens (including phenoxy) is 2. The molecule has 1 saturated heterocycles. The first kappa shape index (κ1) is 30.8. The zero-order valence-corrected chi connectivity index (χ0v) is 23.9. The van der Waals surface area contributed by atoms with Gasteiger partial charge in [0.25, 0.3) is 0 Å². The molecule has 1 atom stereocenters. The molecular weight excluding hydrogens is 516 g/mol. The minimum Gasteiger partial charge on any atom is -0.480 e. The zero-order valence-electron chi connectivity index (χ0n) is 23.9. The van der Waals surface area contributed by atoms with E-state index < -0.39 is 12.0 Å². The summed E-state index contributed by atoms with van der Waals surface area (Å²) >= 11 is 0. The van der Waals surface area contributed by atoms with Crippen LogP contribution < -0.4 is 19.9 Å². The Bertz CT molecular complexity index is 1150. The monoisotopic (exact) mass is 556 g/mol. The molecule has 12 heteroatoms. The van der Waals surface area contributed by atoms with Crippen molar-refractivity contribution >= 4 is 35.3 Å². The largest absolute Gasteiger partial charge is 0.480 e. The van der Waals surface area contributed by atoms with Crippen molar-refractivity contribution in [2.75, 3.05) is 61.1 Å². The number of hydrogen-bond donors (Lipinski definition) is 2. The van der Waals surface area contributed by atoms with E-state index in [1.54, 1.807) is 30.5 Å². The van der Waals surface area contributed by atoms with Gasteiger partial charge >= 0.3 is 11.9 Å². The second-order valence-electron chi connectivity index (χ2n) is 9.80. The first-order valence-electron chi connectivity index (χ1n) is 13.6. The molecule has 0 aliphatic carbocycles.